The molecule has 0 amide bonds. The van der Waals surface area contributed by atoms with Gasteiger partial charge in [-0.2, -0.15) is 0 Å². The van der Waals surface area contributed by atoms with Gasteiger partial charge in [-0.25, -0.2) is 0 Å². The van der Waals surface area contributed by atoms with Crippen molar-refractivity contribution >= 4 is 17.1 Å². The predicted octanol–water partition coefficient (Wildman–Crippen LogP) is 14.5. The first-order valence-electron chi connectivity index (χ1n) is 19.4. The van der Waals surface area contributed by atoms with Gasteiger partial charge in [0.1, 0.15) is 0 Å². The minimum Gasteiger partial charge on any atom is -0.310 e. The van der Waals surface area contributed by atoms with Gasteiger partial charge in [0.15, 0.2) is 0 Å². The van der Waals surface area contributed by atoms with Crippen molar-refractivity contribution in [2.24, 2.45) is 0 Å². The lowest BCUT2D eigenvalue weighted by molar-refractivity contribution is 0.794. The van der Waals surface area contributed by atoms with Gasteiger partial charge in [-0.3, -0.25) is 0 Å². The highest BCUT2D eigenvalue weighted by atomic mass is 15.1. The number of benzene rings is 9. The molecule has 0 fully saturated rings. The summed E-state index contributed by atoms with van der Waals surface area (Å²) >= 11 is 0. The SMILES string of the molecule is c1ccc(-c2ccc(-c3cccc(N(c4ccc(-c5ccccc5)cc4)c4ccc5c(c4)-c4ccccc4C54c5ccccc5-c5ccccc54)c3)cc2)cc1. The fourth-order valence-corrected chi connectivity index (χ4v) is 9.42. The Morgan fingerprint density at radius 2 is 0.607 bits per heavy atom. The molecule has 2 aliphatic carbocycles. The maximum absolute atomic E-state index is 2.43. The molecule has 0 heterocycles. The quantitative estimate of drug-likeness (QED) is 0.166. The van der Waals surface area contributed by atoms with Gasteiger partial charge in [0.2, 0.25) is 0 Å². The van der Waals surface area contributed by atoms with Crippen molar-refractivity contribution < 1.29 is 0 Å². The van der Waals surface area contributed by atoms with Crippen LogP contribution >= 0.6 is 0 Å². The molecule has 2 aliphatic rings. The minimum atomic E-state index is -0.369. The van der Waals surface area contributed by atoms with E-state index in [1.54, 1.807) is 0 Å². The van der Waals surface area contributed by atoms with Crippen molar-refractivity contribution in [2.45, 2.75) is 5.41 Å². The average Bonchev–Trinajstić information content (AvgIpc) is 3.75. The highest BCUT2D eigenvalue weighted by molar-refractivity contribution is 5.96. The summed E-state index contributed by atoms with van der Waals surface area (Å²) in [6.45, 7) is 0. The van der Waals surface area contributed by atoms with Crippen LogP contribution in [-0.4, -0.2) is 0 Å². The number of hydrogen-bond acceptors (Lipinski definition) is 1. The summed E-state index contributed by atoms with van der Waals surface area (Å²) in [5, 5.41) is 0. The Balaban J connectivity index is 1.08. The lowest BCUT2D eigenvalue weighted by Crippen LogP contribution is -2.25. The van der Waals surface area contributed by atoms with Gasteiger partial charge in [0.05, 0.1) is 5.41 Å². The molecule has 9 aromatic carbocycles. The van der Waals surface area contributed by atoms with E-state index in [0.29, 0.717) is 0 Å². The molecule has 1 spiro atoms. The highest BCUT2D eigenvalue weighted by Gasteiger charge is 2.51. The average molecular weight is 712 g/mol. The second-order valence-corrected chi connectivity index (χ2v) is 14.9. The Labute approximate surface area is 328 Å². The van der Waals surface area contributed by atoms with E-state index in [-0.39, 0.29) is 5.41 Å². The first-order valence-corrected chi connectivity index (χ1v) is 19.4. The van der Waals surface area contributed by atoms with Gasteiger partial charge in [0.25, 0.3) is 0 Å². The molecule has 262 valence electrons. The zero-order valence-corrected chi connectivity index (χ0v) is 30.8. The van der Waals surface area contributed by atoms with Crippen LogP contribution < -0.4 is 4.90 Å². The summed E-state index contributed by atoms with van der Waals surface area (Å²) in [5.41, 5.74) is 20.8. The lowest BCUT2D eigenvalue weighted by atomic mass is 9.70. The van der Waals surface area contributed by atoms with Crippen molar-refractivity contribution in [1.29, 1.82) is 0 Å². The van der Waals surface area contributed by atoms with E-state index in [4.69, 9.17) is 0 Å². The van der Waals surface area contributed by atoms with Crippen LogP contribution in [0, 0.1) is 0 Å². The summed E-state index contributed by atoms with van der Waals surface area (Å²) in [4.78, 5) is 2.42. The minimum absolute atomic E-state index is 0.369. The third-order valence-corrected chi connectivity index (χ3v) is 11.9. The van der Waals surface area contributed by atoms with Crippen LogP contribution in [0.1, 0.15) is 22.3 Å². The third-order valence-electron chi connectivity index (χ3n) is 11.9. The smallest absolute Gasteiger partial charge is 0.0725 e. The van der Waals surface area contributed by atoms with Crippen LogP contribution in [0.15, 0.2) is 224 Å². The van der Waals surface area contributed by atoms with E-state index in [2.05, 4.69) is 229 Å². The van der Waals surface area contributed by atoms with Crippen molar-refractivity contribution in [3.8, 4) is 55.6 Å². The molecule has 0 radical (unpaired) electrons. The zero-order valence-electron chi connectivity index (χ0n) is 30.8. The highest BCUT2D eigenvalue weighted by Crippen LogP contribution is 2.63. The van der Waals surface area contributed by atoms with Gasteiger partial charge in [-0.1, -0.05) is 188 Å². The Bertz CT molecular complexity index is 2840. The molecule has 0 N–H and O–H groups in total. The van der Waals surface area contributed by atoms with E-state index in [1.807, 2.05) is 0 Å². The van der Waals surface area contributed by atoms with Crippen LogP contribution in [0.5, 0.6) is 0 Å². The van der Waals surface area contributed by atoms with E-state index < -0.39 is 0 Å². The zero-order chi connectivity index (χ0) is 37.1. The van der Waals surface area contributed by atoms with E-state index in [0.717, 1.165) is 17.1 Å². The van der Waals surface area contributed by atoms with Crippen LogP contribution in [0.2, 0.25) is 0 Å². The molecule has 0 atom stereocenters. The number of anilines is 3. The molecule has 0 saturated heterocycles. The summed E-state index contributed by atoms with van der Waals surface area (Å²) in [5.74, 6) is 0. The summed E-state index contributed by atoms with van der Waals surface area (Å²) < 4.78 is 0. The number of hydrogen-bond donors (Lipinski definition) is 0. The van der Waals surface area contributed by atoms with Gasteiger partial charge in [0, 0.05) is 17.1 Å². The van der Waals surface area contributed by atoms with Crippen molar-refractivity contribution in [3.05, 3.63) is 247 Å². The van der Waals surface area contributed by atoms with Gasteiger partial charge in [-0.15, -0.1) is 0 Å². The van der Waals surface area contributed by atoms with Crippen LogP contribution in [0.3, 0.4) is 0 Å². The molecule has 0 aliphatic heterocycles. The molecular formula is C55H37N. The standard InChI is InChI=1S/C55H37N/c1-3-14-38(15-4-1)40-26-28-42(29-27-40)43-18-13-19-45(36-43)56(44-32-30-41(31-33-44)39-16-5-2-6-17-39)46-34-35-54-50(37-46)49-22-9-12-25-53(49)55(54)51-23-10-7-20-47(51)48-21-8-11-24-52(48)55/h1-37H. The van der Waals surface area contributed by atoms with Crippen molar-refractivity contribution in [3.63, 3.8) is 0 Å². The normalized spacial score (nSPS) is 12.8. The van der Waals surface area contributed by atoms with Crippen LogP contribution in [0.25, 0.3) is 55.6 Å². The Morgan fingerprint density at radius 1 is 0.232 bits per heavy atom. The Hall–Kier alpha value is -7.22. The molecule has 1 heteroatoms. The lowest BCUT2D eigenvalue weighted by Gasteiger charge is -2.31. The fraction of sp³-hybridized carbons (Fsp3) is 0.0182. The molecule has 0 bridgehead atoms. The molecule has 0 saturated carbocycles. The number of rotatable bonds is 6. The van der Waals surface area contributed by atoms with Crippen LogP contribution in [0.4, 0.5) is 17.1 Å². The summed E-state index contributed by atoms with van der Waals surface area (Å²) in [6, 6.07) is 82.3. The topological polar surface area (TPSA) is 3.24 Å². The van der Waals surface area contributed by atoms with Gasteiger partial charge < -0.3 is 4.90 Å². The fourth-order valence-electron chi connectivity index (χ4n) is 9.42. The van der Waals surface area contributed by atoms with Gasteiger partial charge in [-0.05, 0) is 114 Å². The molecule has 9 aromatic rings. The number of nitrogens with zero attached hydrogens (tertiary/aromatic N) is 1. The largest absolute Gasteiger partial charge is 0.310 e. The van der Waals surface area contributed by atoms with Crippen LogP contribution in [-0.2, 0) is 5.41 Å². The Morgan fingerprint density at radius 3 is 1.16 bits per heavy atom. The molecule has 0 aromatic heterocycles. The first-order chi connectivity index (χ1) is 27.8. The van der Waals surface area contributed by atoms with Crippen molar-refractivity contribution in [2.75, 3.05) is 4.90 Å². The summed E-state index contributed by atoms with van der Waals surface area (Å²) in [6.07, 6.45) is 0. The molecule has 56 heavy (non-hydrogen) atoms. The monoisotopic (exact) mass is 711 g/mol. The molecule has 0 unspecified atom stereocenters. The predicted molar refractivity (Wildman–Crippen MR) is 234 cm³/mol. The van der Waals surface area contributed by atoms with E-state index in [1.165, 1.54) is 77.9 Å². The second-order valence-electron chi connectivity index (χ2n) is 14.9. The Kier molecular flexibility index (Phi) is 7.47. The number of fused-ring (bicyclic) bond motifs is 10. The molecular weight excluding hydrogens is 675 g/mol. The van der Waals surface area contributed by atoms with Crippen molar-refractivity contribution in [1.82, 2.24) is 0 Å². The second kappa shape index (κ2) is 13.0. The van der Waals surface area contributed by atoms with Gasteiger partial charge >= 0.3 is 0 Å². The summed E-state index contributed by atoms with van der Waals surface area (Å²) in [7, 11) is 0. The third kappa shape index (κ3) is 4.95. The van der Waals surface area contributed by atoms with E-state index >= 15 is 0 Å². The van der Waals surface area contributed by atoms with E-state index in [9.17, 15) is 0 Å². The first kappa shape index (κ1) is 32.2. The molecule has 11 rings (SSSR count). The maximum Gasteiger partial charge on any atom is 0.0725 e. The maximum atomic E-state index is 2.43. The molecule has 1 nitrogen and oxygen atoms in total.